The Kier molecular flexibility index (Phi) is 6.74. The number of hydrogen-bond donors (Lipinski definition) is 2. The molecule has 0 radical (unpaired) electrons. The number of carbonyl (C=O) groups excluding carboxylic acids is 1. The third kappa shape index (κ3) is 5.73. The van der Waals surface area contributed by atoms with E-state index in [1.54, 1.807) is 30.3 Å². The highest BCUT2D eigenvalue weighted by atomic mass is 79.9. The Hall–Kier alpha value is -3.03. The van der Waals surface area contributed by atoms with Crippen LogP contribution in [0.15, 0.2) is 80.5 Å². The molecule has 6 nitrogen and oxygen atoms in total. The minimum Gasteiger partial charge on any atom is -0.507 e. The molecule has 8 heteroatoms. The molecule has 2 N–H and O–H groups in total. The maximum Gasteiger partial charge on any atom is 0.271 e. The second-order valence-electron chi connectivity index (χ2n) is 6.09. The van der Waals surface area contributed by atoms with Crippen molar-refractivity contribution < 1.29 is 9.90 Å². The molecular weight excluding hydrogens is 456 g/mol. The van der Waals surface area contributed by atoms with Gasteiger partial charge in [0.05, 0.1) is 17.6 Å². The molecule has 0 atom stereocenters. The number of carbonyl (C=O) groups is 1. The monoisotopic (exact) mass is 470 g/mol. The van der Waals surface area contributed by atoms with Crippen molar-refractivity contribution >= 4 is 51.0 Å². The predicted molar refractivity (Wildman–Crippen MR) is 118 cm³/mol. The van der Waals surface area contributed by atoms with Gasteiger partial charge >= 0.3 is 0 Å². The number of hydrazone groups is 1. The first-order valence-electron chi connectivity index (χ1n) is 8.52. The number of azo groups is 1. The summed E-state index contributed by atoms with van der Waals surface area (Å²) >= 11 is 9.42. The first kappa shape index (κ1) is 20.7. The molecule has 0 spiro atoms. The summed E-state index contributed by atoms with van der Waals surface area (Å²) in [6.07, 6.45) is 1.33. The molecule has 0 aromatic heterocycles. The van der Waals surface area contributed by atoms with Crippen LogP contribution < -0.4 is 5.43 Å². The lowest BCUT2D eigenvalue weighted by Crippen LogP contribution is -2.17. The molecule has 3 rings (SSSR count). The molecule has 0 aliphatic carbocycles. The topological polar surface area (TPSA) is 86.4 Å². The average Bonchev–Trinajstić information content (AvgIpc) is 2.70. The molecule has 0 aliphatic rings. The zero-order valence-corrected chi connectivity index (χ0v) is 17.6. The van der Waals surface area contributed by atoms with Crippen LogP contribution in [0.4, 0.5) is 11.4 Å². The van der Waals surface area contributed by atoms with E-state index in [1.165, 1.54) is 12.3 Å². The van der Waals surface area contributed by atoms with Gasteiger partial charge in [-0.05, 0) is 61.0 Å². The second-order valence-corrected chi connectivity index (χ2v) is 7.41. The normalized spacial score (nSPS) is 11.3. The standard InChI is InChI=1S/C21H16BrClN4O2/c1-13-5-6-14(10-19(13)23)21(29)27-24-12-15-9-18(7-8-20(15)28)26-25-17-4-2-3-16(22)11-17/h2-12,28H,1H3,(H,27,29). The molecule has 0 unspecified atom stereocenters. The van der Waals surface area contributed by atoms with Crippen LogP contribution in [0.5, 0.6) is 5.75 Å². The van der Waals surface area contributed by atoms with Gasteiger partial charge in [-0.3, -0.25) is 4.79 Å². The third-order valence-electron chi connectivity index (χ3n) is 3.90. The van der Waals surface area contributed by atoms with Crippen LogP contribution in [0.2, 0.25) is 5.02 Å². The van der Waals surface area contributed by atoms with Crippen LogP contribution in [-0.4, -0.2) is 17.2 Å². The van der Waals surface area contributed by atoms with Gasteiger partial charge in [0.1, 0.15) is 5.75 Å². The van der Waals surface area contributed by atoms with Crippen molar-refractivity contribution in [3.05, 3.63) is 86.8 Å². The Morgan fingerprint density at radius 1 is 1.07 bits per heavy atom. The number of halogens is 2. The fourth-order valence-electron chi connectivity index (χ4n) is 2.32. The van der Waals surface area contributed by atoms with Crippen molar-refractivity contribution in [1.82, 2.24) is 5.43 Å². The maximum atomic E-state index is 12.2. The lowest BCUT2D eigenvalue weighted by molar-refractivity contribution is 0.0955. The number of aryl methyl sites for hydroxylation is 1. The van der Waals surface area contributed by atoms with E-state index in [4.69, 9.17) is 11.6 Å². The third-order valence-corrected chi connectivity index (χ3v) is 4.80. The van der Waals surface area contributed by atoms with Gasteiger partial charge in [0, 0.05) is 20.6 Å². The van der Waals surface area contributed by atoms with Crippen molar-refractivity contribution in [2.24, 2.45) is 15.3 Å². The smallest absolute Gasteiger partial charge is 0.271 e. The van der Waals surface area contributed by atoms with Crippen LogP contribution in [0.1, 0.15) is 21.5 Å². The number of benzene rings is 3. The van der Waals surface area contributed by atoms with E-state index in [2.05, 4.69) is 36.7 Å². The van der Waals surface area contributed by atoms with Crippen LogP contribution in [-0.2, 0) is 0 Å². The van der Waals surface area contributed by atoms with E-state index in [1.807, 2.05) is 31.2 Å². The SMILES string of the molecule is Cc1ccc(C(=O)NN=Cc2cc(N=Nc3cccc(Br)c3)ccc2O)cc1Cl. The number of phenols is 1. The highest BCUT2D eigenvalue weighted by molar-refractivity contribution is 9.10. The van der Waals surface area contributed by atoms with Crippen molar-refractivity contribution in [3.63, 3.8) is 0 Å². The molecule has 0 aliphatic heterocycles. The van der Waals surface area contributed by atoms with Crippen molar-refractivity contribution in [2.45, 2.75) is 6.92 Å². The molecule has 29 heavy (non-hydrogen) atoms. The summed E-state index contributed by atoms with van der Waals surface area (Å²) in [4.78, 5) is 12.2. The van der Waals surface area contributed by atoms with Gasteiger partial charge in [0.25, 0.3) is 5.91 Å². The van der Waals surface area contributed by atoms with Gasteiger partial charge in [-0.1, -0.05) is 39.7 Å². The van der Waals surface area contributed by atoms with Crippen molar-refractivity contribution in [2.75, 3.05) is 0 Å². The summed E-state index contributed by atoms with van der Waals surface area (Å²) in [6.45, 7) is 1.85. The number of rotatable bonds is 5. The lowest BCUT2D eigenvalue weighted by Gasteiger charge is -2.03. The molecule has 0 fully saturated rings. The molecule has 1 amide bonds. The van der Waals surface area contributed by atoms with Crippen LogP contribution >= 0.6 is 27.5 Å². The summed E-state index contributed by atoms with van der Waals surface area (Å²) in [7, 11) is 0. The summed E-state index contributed by atoms with van der Waals surface area (Å²) in [6, 6.07) is 17.1. The molecule has 3 aromatic carbocycles. The van der Waals surface area contributed by atoms with Gasteiger partial charge in [0.2, 0.25) is 0 Å². The van der Waals surface area contributed by atoms with E-state index in [-0.39, 0.29) is 5.75 Å². The van der Waals surface area contributed by atoms with E-state index in [9.17, 15) is 9.90 Å². The molecule has 0 saturated carbocycles. The first-order chi connectivity index (χ1) is 13.9. The Labute approximate surface area is 181 Å². The van der Waals surface area contributed by atoms with E-state index < -0.39 is 5.91 Å². The molecular formula is C21H16BrClN4O2. The predicted octanol–water partition coefficient (Wildman–Crippen LogP) is 6.30. The van der Waals surface area contributed by atoms with Gasteiger partial charge in [0.15, 0.2) is 0 Å². The minimum atomic E-state index is -0.409. The van der Waals surface area contributed by atoms with Crippen molar-refractivity contribution in [1.29, 1.82) is 0 Å². The maximum absolute atomic E-state index is 12.2. The zero-order valence-electron chi connectivity index (χ0n) is 15.3. The molecule has 3 aromatic rings. The molecule has 146 valence electrons. The Balaban J connectivity index is 1.71. The number of hydrogen-bond acceptors (Lipinski definition) is 5. The highest BCUT2D eigenvalue weighted by Gasteiger charge is 2.06. The molecule has 0 saturated heterocycles. The highest BCUT2D eigenvalue weighted by Crippen LogP contribution is 2.25. The fourth-order valence-corrected chi connectivity index (χ4v) is 2.89. The van der Waals surface area contributed by atoms with Gasteiger partial charge < -0.3 is 5.11 Å². The average molecular weight is 472 g/mol. The Bertz CT molecular complexity index is 1120. The summed E-state index contributed by atoms with van der Waals surface area (Å²) < 4.78 is 0.901. The van der Waals surface area contributed by atoms with Crippen LogP contribution in [0.25, 0.3) is 0 Å². The summed E-state index contributed by atoms with van der Waals surface area (Å²) in [5, 5.41) is 22.7. The summed E-state index contributed by atoms with van der Waals surface area (Å²) in [5.74, 6) is -0.407. The van der Waals surface area contributed by atoms with E-state index in [0.717, 1.165) is 10.0 Å². The number of phenolic OH excluding ortho intramolecular Hbond substituents is 1. The number of nitrogens with one attached hydrogen (secondary N) is 1. The van der Waals surface area contributed by atoms with Crippen LogP contribution in [0.3, 0.4) is 0 Å². The fraction of sp³-hybridized carbons (Fsp3) is 0.0476. The van der Waals surface area contributed by atoms with E-state index in [0.29, 0.717) is 27.5 Å². The largest absolute Gasteiger partial charge is 0.507 e. The van der Waals surface area contributed by atoms with Gasteiger partial charge in [-0.2, -0.15) is 15.3 Å². The number of nitrogens with zero attached hydrogens (tertiary/aromatic N) is 3. The molecule has 0 heterocycles. The Morgan fingerprint density at radius 2 is 1.83 bits per heavy atom. The second kappa shape index (κ2) is 9.45. The quantitative estimate of drug-likeness (QED) is 0.260. The van der Waals surface area contributed by atoms with Crippen molar-refractivity contribution in [3.8, 4) is 5.75 Å². The lowest BCUT2D eigenvalue weighted by atomic mass is 10.1. The number of amides is 1. The van der Waals surface area contributed by atoms with Crippen LogP contribution in [0, 0.1) is 6.92 Å². The first-order valence-corrected chi connectivity index (χ1v) is 9.69. The van der Waals surface area contributed by atoms with E-state index >= 15 is 0 Å². The summed E-state index contributed by atoms with van der Waals surface area (Å²) in [5.41, 5.74) is 5.28. The Morgan fingerprint density at radius 3 is 2.55 bits per heavy atom. The minimum absolute atomic E-state index is 0.00258. The van der Waals surface area contributed by atoms with Gasteiger partial charge in [-0.25, -0.2) is 5.43 Å². The zero-order chi connectivity index (χ0) is 20.8. The molecule has 0 bridgehead atoms. The number of aromatic hydroxyl groups is 1. The van der Waals surface area contributed by atoms with Gasteiger partial charge in [-0.15, -0.1) is 0 Å².